The van der Waals surface area contributed by atoms with Crippen molar-refractivity contribution in [2.75, 3.05) is 0 Å². The molecule has 0 aromatic carbocycles. The van der Waals surface area contributed by atoms with E-state index in [0.717, 1.165) is 0 Å². The molecule has 0 unspecified atom stereocenters. The van der Waals surface area contributed by atoms with Gasteiger partial charge in [-0.1, -0.05) is 0 Å². The fourth-order valence-corrected chi connectivity index (χ4v) is 0. The predicted molar refractivity (Wildman–Crippen MR) is 16.1 cm³/mol. The van der Waals surface area contributed by atoms with Crippen LogP contribution in [0.5, 0.6) is 0 Å². The third-order valence-electron chi connectivity index (χ3n) is 0. The first-order valence-corrected chi connectivity index (χ1v) is 0.383. The van der Waals surface area contributed by atoms with Gasteiger partial charge in [-0.3, -0.25) is 0 Å². The number of hydrogen-bond acceptors (Lipinski definition) is 2. The van der Waals surface area contributed by atoms with Gasteiger partial charge in [-0.15, -0.1) is 4.91 Å². The predicted octanol–water partition coefficient (Wildman–Crippen LogP) is -0.774. The molecule has 0 aliphatic rings. The molecule has 0 fully saturated rings. The van der Waals surface area contributed by atoms with Crippen molar-refractivity contribution < 1.29 is 5.21 Å². The summed E-state index contributed by atoms with van der Waals surface area (Å²) in [6.45, 7) is 0. The van der Waals surface area contributed by atoms with Gasteiger partial charge in [0.1, 0.15) is 0 Å². The van der Waals surface area contributed by atoms with Gasteiger partial charge >= 0.3 is 45.5 Å². The average Bonchev–Trinajstić information content (AvgIpc) is 0.918. The van der Waals surface area contributed by atoms with Crippen LogP contribution in [0.1, 0.15) is 0 Å². The summed E-state index contributed by atoms with van der Waals surface area (Å²) in [5, 5.41) is 7.89. The second-order valence-electron chi connectivity index (χ2n) is 0.0816. The minimum atomic E-state index is 0. The molecular formula is H3NO2Sr. The van der Waals surface area contributed by atoms with Crippen molar-refractivity contribution in [2.45, 2.75) is 0 Å². The van der Waals surface area contributed by atoms with Crippen molar-refractivity contribution in [2.24, 2.45) is 5.34 Å². The van der Waals surface area contributed by atoms with Gasteiger partial charge in [0.25, 0.3) is 0 Å². The van der Waals surface area contributed by atoms with E-state index in [1.807, 2.05) is 0 Å². The topological polar surface area (TPSA) is 49.7 Å². The molecule has 0 aromatic rings. The van der Waals surface area contributed by atoms with Gasteiger partial charge in [0.2, 0.25) is 0 Å². The van der Waals surface area contributed by atoms with Crippen molar-refractivity contribution in [3.8, 4) is 0 Å². The van der Waals surface area contributed by atoms with E-state index < -0.39 is 0 Å². The van der Waals surface area contributed by atoms with E-state index in [1.54, 1.807) is 0 Å². The summed E-state index contributed by atoms with van der Waals surface area (Å²) in [6, 6.07) is 0. The molecule has 0 bridgehead atoms. The second-order valence-corrected chi connectivity index (χ2v) is 0.0816. The molecule has 0 heterocycles. The van der Waals surface area contributed by atoms with Gasteiger partial charge < -0.3 is 5.21 Å². The van der Waals surface area contributed by atoms with Crippen LogP contribution in [0.4, 0.5) is 0 Å². The normalized spacial score (nSPS) is 3.00. The van der Waals surface area contributed by atoms with Gasteiger partial charge in [0.05, 0.1) is 0 Å². The quantitative estimate of drug-likeness (QED) is 0.270. The Kier molecular flexibility index (Phi) is 20.2. The van der Waals surface area contributed by atoms with E-state index >= 15 is 0 Å². The van der Waals surface area contributed by atoms with Crippen LogP contribution in [-0.2, 0) is 0 Å². The molecule has 0 spiro atoms. The molecule has 0 rings (SSSR count). The molecule has 0 saturated carbocycles. The third-order valence-corrected chi connectivity index (χ3v) is 0. The summed E-state index contributed by atoms with van der Waals surface area (Å²) in [7, 11) is 0. The van der Waals surface area contributed by atoms with E-state index in [2.05, 4.69) is 0 Å². The Morgan fingerprint density at radius 2 is 1.75 bits per heavy atom. The Labute approximate surface area is 60.2 Å². The average molecular weight is 137 g/mol. The molecule has 0 aliphatic heterocycles. The first-order valence-electron chi connectivity index (χ1n) is 0.383. The van der Waals surface area contributed by atoms with Gasteiger partial charge in [-0.2, -0.15) is 0 Å². The van der Waals surface area contributed by atoms with Crippen molar-refractivity contribution >= 4 is 45.5 Å². The zero-order valence-electron chi connectivity index (χ0n) is 1.30. The van der Waals surface area contributed by atoms with Gasteiger partial charge in [-0.25, -0.2) is 0 Å². The summed E-state index contributed by atoms with van der Waals surface area (Å²) < 4.78 is 0. The molecule has 0 radical (unpaired) electrons. The van der Waals surface area contributed by atoms with E-state index in [-0.39, 0.29) is 45.5 Å². The Balaban J connectivity index is 0. The molecule has 0 aliphatic carbocycles. The molecule has 4 heavy (non-hydrogen) atoms. The maximum atomic E-state index is 8.11. The van der Waals surface area contributed by atoms with Crippen molar-refractivity contribution in [3.63, 3.8) is 0 Å². The fraction of sp³-hybridized carbons (Fsp3) is 0. The summed E-state index contributed by atoms with van der Waals surface area (Å²) >= 11 is 0. The molecule has 0 amide bonds. The molecule has 4 heteroatoms. The zero-order chi connectivity index (χ0) is 2.71. The SMILES string of the molecule is O=NO.[SrH2]. The van der Waals surface area contributed by atoms with E-state index in [0.29, 0.717) is 0 Å². The molecule has 3 nitrogen and oxygen atoms in total. The van der Waals surface area contributed by atoms with Crippen LogP contribution >= 0.6 is 0 Å². The standard InChI is InChI=1S/HNO2.Sr.2H/c2-1-3;;;/h(H,2,3);;;. The molecular weight excluding hydrogens is 134 g/mol. The Morgan fingerprint density at radius 1 is 1.75 bits per heavy atom. The Bertz CT molecular complexity index is 13.5. The van der Waals surface area contributed by atoms with Gasteiger partial charge in [0, 0.05) is 0 Å². The molecule has 0 atom stereocenters. The van der Waals surface area contributed by atoms with Gasteiger partial charge in [-0.05, 0) is 0 Å². The van der Waals surface area contributed by atoms with Gasteiger partial charge in [0.15, 0.2) is 5.34 Å². The summed E-state index contributed by atoms with van der Waals surface area (Å²) in [4.78, 5) is 8.11. The van der Waals surface area contributed by atoms with Crippen LogP contribution in [0.2, 0.25) is 0 Å². The maximum absolute atomic E-state index is 8.11. The number of hydrogen-bond donors (Lipinski definition) is 1. The Morgan fingerprint density at radius 3 is 1.75 bits per heavy atom. The number of nitrogens with zero attached hydrogens (tertiary/aromatic N) is 1. The number of rotatable bonds is 0. The Hall–Kier alpha value is 0.881. The summed E-state index contributed by atoms with van der Waals surface area (Å²) in [5.41, 5.74) is 0. The van der Waals surface area contributed by atoms with Crippen LogP contribution in [-0.4, -0.2) is 50.7 Å². The minimum absolute atomic E-state index is 0. The molecule has 0 aromatic heterocycles. The third kappa shape index (κ3) is 13.1. The van der Waals surface area contributed by atoms with Crippen LogP contribution < -0.4 is 0 Å². The van der Waals surface area contributed by atoms with Crippen molar-refractivity contribution in [1.29, 1.82) is 0 Å². The fourth-order valence-electron chi connectivity index (χ4n) is 0. The van der Waals surface area contributed by atoms with E-state index in [4.69, 9.17) is 10.1 Å². The first-order chi connectivity index (χ1) is 1.41. The van der Waals surface area contributed by atoms with Crippen LogP contribution in [0.3, 0.4) is 0 Å². The van der Waals surface area contributed by atoms with Crippen LogP contribution in [0.25, 0.3) is 0 Å². The van der Waals surface area contributed by atoms with Crippen LogP contribution in [0.15, 0.2) is 5.34 Å². The molecule has 22 valence electrons. The zero-order valence-corrected chi connectivity index (χ0v) is 1.30. The summed E-state index contributed by atoms with van der Waals surface area (Å²) in [5.74, 6) is 0. The van der Waals surface area contributed by atoms with E-state index in [1.165, 1.54) is 5.34 Å². The monoisotopic (exact) mass is 137 g/mol. The first kappa shape index (κ1) is 8.86. The summed E-state index contributed by atoms with van der Waals surface area (Å²) in [6.07, 6.45) is 0. The second kappa shape index (κ2) is 9.10. The van der Waals surface area contributed by atoms with E-state index in [9.17, 15) is 0 Å². The van der Waals surface area contributed by atoms with Crippen molar-refractivity contribution in [3.05, 3.63) is 4.91 Å². The van der Waals surface area contributed by atoms with Crippen molar-refractivity contribution in [1.82, 2.24) is 0 Å². The molecule has 0 saturated heterocycles. The molecule has 1 N–H and O–H groups in total. The van der Waals surface area contributed by atoms with Crippen LogP contribution in [0, 0.1) is 4.91 Å².